The van der Waals surface area contributed by atoms with Crippen LogP contribution in [-0.4, -0.2) is 47.8 Å². The monoisotopic (exact) mass is 198 g/mol. The van der Waals surface area contributed by atoms with Gasteiger partial charge in [0.25, 0.3) is 0 Å². The smallest absolute Gasteiger partial charge is 0.236 e. The zero-order valence-electron chi connectivity index (χ0n) is 8.14. The molecule has 2 atom stereocenters. The highest BCUT2D eigenvalue weighted by atomic mass is 16.5. The lowest BCUT2D eigenvalue weighted by atomic mass is 10.3. The number of amides is 1. The number of aliphatic hydroxyl groups is 1. The molecule has 0 saturated carbocycles. The van der Waals surface area contributed by atoms with Crippen LogP contribution >= 0.6 is 0 Å². The second-order valence-electron chi connectivity index (χ2n) is 3.19. The normalized spacial score (nSPS) is 26.2. The van der Waals surface area contributed by atoms with Crippen LogP contribution in [0.25, 0.3) is 0 Å². The summed E-state index contributed by atoms with van der Waals surface area (Å²) in [6.45, 7) is 3.01. The number of hydrogen-bond donors (Lipinski definition) is 1. The molecule has 14 heavy (non-hydrogen) atoms. The largest absolute Gasteiger partial charge is 0.388 e. The van der Waals surface area contributed by atoms with Gasteiger partial charge in [-0.2, -0.15) is 5.26 Å². The van der Waals surface area contributed by atoms with Crippen molar-refractivity contribution < 1.29 is 14.6 Å². The molecule has 5 nitrogen and oxygen atoms in total. The number of nitrogens with zero attached hydrogens (tertiary/aromatic N) is 2. The molecule has 78 valence electrons. The van der Waals surface area contributed by atoms with Crippen LogP contribution in [0, 0.1) is 11.3 Å². The number of likely N-dealkylation sites (tertiary alicyclic amines) is 1. The van der Waals surface area contributed by atoms with Crippen LogP contribution in [0.1, 0.15) is 13.3 Å². The summed E-state index contributed by atoms with van der Waals surface area (Å²) in [5.74, 6) is -0.242. The van der Waals surface area contributed by atoms with Gasteiger partial charge < -0.3 is 14.7 Å². The molecule has 0 aliphatic carbocycles. The minimum absolute atomic E-state index is 0.133. The van der Waals surface area contributed by atoms with Crippen molar-refractivity contribution in [3.8, 4) is 6.07 Å². The van der Waals surface area contributed by atoms with Crippen molar-refractivity contribution in [3.05, 3.63) is 0 Å². The zero-order chi connectivity index (χ0) is 10.6. The molecule has 1 aliphatic rings. The van der Waals surface area contributed by atoms with Gasteiger partial charge in [-0.3, -0.25) is 4.79 Å². The van der Waals surface area contributed by atoms with E-state index in [1.54, 1.807) is 6.07 Å². The molecule has 0 aromatic carbocycles. The average Bonchev–Trinajstić information content (AvgIpc) is 2.49. The van der Waals surface area contributed by atoms with Crippen LogP contribution in [0.5, 0.6) is 0 Å². The quantitative estimate of drug-likeness (QED) is 0.664. The summed E-state index contributed by atoms with van der Waals surface area (Å²) in [5, 5.41) is 17.8. The first-order valence-electron chi connectivity index (χ1n) is 4.63. The Bertz CT molecular complexity index is 249. The maximum atomic E-state index is 11.3. The van der Waals surface area contributed by atoms with Gasteiger partial charge in [0.15, 0.2) is 0 Å². The number of β-amino-alcohol motifs (C(OH)–C–C–N with tert-alkyl or cyclic N) is 1. The van der Waals surface area contributed by atoms with E-state index in [-0.39, 0.29) is 25.0 Å². The van der Waals surface area contributed by atoms with Crippen molar-refractivity contribution in [3.63, 3.8) is 0 Å². The van der Waals surface area contributed by atoms with E-state index in [9.17, 15) is 9.90 Å². The molecule has 1 rings (SSSR count). The summed E-state index contributed by atoms with van der Waals surface area (Å²) >= 11 is 0. The maximum absolute atomic E-state index is 11.3. The van der Waals surface area contributed by atoms with Crippen molar-refractivity contribution in [2.45, 2.75) is 25.6 Å². The number of carbonyl (C=O) groups excluding carboxylic acids is 1. The van der Waals surface area contributed by atoms with E-state index in [1.807, 2.05) is 6.92 Å². The fourth-order valence-corrected chi connectivity index (χ4v) is 1.52. The van der Waals surface area contributed by atoms with Gasteiger partial charge in [0, 0.05) is 19.7 Å². The molecular weight excluding hydrogens is 184 g/mol. The molecule has 0 bridgehead atoms. The van der Waals surface area contributed by atoms with Crippen LogP contribution in [0.15, 0.2) is 0 Å². The van der Waals surface area contributed by atoms with Crippen LogP contribution < -0.4 is 0 Å². The SMILES string of the molecule is CCO[C@H]1CN(C(=O)CC#N)C[C@H]1O. The molecular formula is C9H14N2O3. The number of hydrogen-bond acceptors (Lipinski definition) is 4. The van der Waals surface area contributed by atoms with Gasteiger partial charge in [0.05, 0.1) is 12.2 Å². The van der Waals surface area contributed by atoms with E-state index in [0.717, 1.165) is 0 Å². The molecule has 0 unspecified atom stereocenters. The van der Waals surface area contributed by atoms with Crippen molar-refractivity contribution in [1.82, 2.24) is 4.90 Å². The number of carbonyl (C=O) groups is 1. The third kappa shape index (κ3) is 2.44. The molecule has 1 saturated heterocycles. The first-order valence-corrected chi connectivity index (χ1v) is 4.63. The predicted octanol–water partition coefficient (Wildman–Crippen LogP) is -0.492. The molecule has 1 amide bonds. The Balaban J connectivity index is 2.46. The second kappa shape index (κ2) is 4.94. The standard InChI is InChI=1S/C9H14N2O3/c1-2-14-8-6-11(5-7(8)12)9(13)3-4-10/h7-8,12H,2-3,5-6H2,1H3/t7-,8+/m1/s1. The van der Waals surface area contributed by atoms with Gasteiger partial charge in [-0.1, -0.05) is 0 Å². The van der Waals surface area contributed by atoms with E-state index in [2.05, 4.69) is 0 Å². The van der Waals surface area contributed by atoms with Gasteiger partial charge in [-0.25, -0.2) is 0 Å². The Morgan fingerprint density at radius 1 is 1.71 bits per heavy atom. The van der Waals surface area contributed by atoms with E-state index in [0.29, 0.717) is 13.2 Å². The lowest BCUT2D eigenvalue weighted by Gasteiger charge is -2.14. The molecule has 0 spiro atoms. The van der Waals surface area contributed by atoms with Gasteiger partial charge in [-0.05, 0) is 6.92 Å². The third-order valence-electron chi connectivity index (χ3n) is 2.20. The maximum Gasteiger partial charge on any atom is 0.236 e. The molecule has 1 aliphatic heterocycles. The first-order chi connectivity index (χ1) is 6.69. The van der Waals surface area contributed by atoms with Crippen molar-refractivity contribution >= 4 is 5.91 Å². The van der Waals surface area contributed by atoms with Gasteiger partial charge in [0.1, 0.15) is 12.5 Å². The lowest BCUT2D eigenvalue weighted by Crippen LogP contribution is -2.29. The summed E-state index contributed by atoms with van der Waals surface area (Å²) in [5.41, 5.74) is 0. The summed E-state index contributed by atoms with van der Waals surface area (Å²) < 4.78 is 5.25. The minimum atomic E-state index is -0.627. The Morgan fingerprint density at radius 2 is 2.43 bits per heavy atom. The number of rotatable bonds is 3. The molecule has 5 heteroatoms. The summed E-state index contributed by atoms with van der Waals surface area (Å²) in [6.07, 6.45) is -1.06. The summed E-state index contributed by atoms with van der Waals surface area (Å²) in [6, 6.07) is 1.79. The van der Waals surface area contributed by atoms with Crippen molar-refractivity contribution in [2.24, 2.45) is 0 Å². The Hall–Kier alpha value is -1.12. The van der Waals surface area contributed by atoms with E-state index in [4.69, 9.17) is 10.00 Å². The Morgan fingerprint density at radius 3 is 3.00 bits per heavy atom. The van der Waals surface area contributed by atoms with Crippen molar-refractivity contribution in [2.75, 3.05) is 19.7 Å². The number of nitriles is 1. The molecule has 0 aromatic rings. The van der Waals surface area contributed by atoms with Crippen LogP contribution in [0.2, 0.25) is 0 Å². The van der Waals surface area contributed by atoms with Crippen LogP contribution in [-0.2, 0) is 9.53 Å². The summed E-state index contributed by atoms with van der Waals surface area (Å²) in [4.78, 5) is 12.7. The minimum Gasteiger partial charge on any atom is -0.388 e. The predicted molar refractivity (Wildman–Crippen MR) is 48.2 cm³/mol. The highest BCUT2D eigenvalue weighted by molar-refractivity contribution is 5.78. The molecule has 1 heterocycles. The van der Waals surface area contributed by atoms with Crippen LogP contribution in [0.3, 0.4) is 0 Å². The van der Waals surface area contributed by atoms with E-state index < -0.39 is 6.10 Å². The molecule has 1 fully saturated rings. The fraction of sp³-hybridized carbons (Fsp3) is 0.778. The van der Waals surface area contributed by atoms with Gasteiger partial charge >= 0.3 is 0 Å². The Labute approximate surface area is 82.9 Å². The average molecular weight is 198 g/mol. The van der Waals surface area contributed by atoms with Gasteiger partial charge in [0.2, 0.25) is 5.91 Å². The lowest BCUT2D eigenvalue weighted by molar-refractivity contribution is -0.129. The molecule has 0 radical (unpaired) electrons. The van der Waals surface area contributed by atoms with E-state index >= 15 is 0 Å². The molecule has 1 N–H and O–H groups in total. The van der Waals surface area contributed by atoms with Crippen LogP contribution in [0.4, 0.5) is 0 Å². The highest BCUT2D eigenvalue weighted by Crippen LogP contribution is 2.14. The van der Waals surface area contributed by atoms with Gasteiger partial charge in [-0.15, -0.1) is 0 Å². The topological polar surface area (TPSA) is 73.6 Å². The third-order valence-corrected chi connectivity index (χ3v) is 2.20. The number of aliphatic hydroxyl groups excluding tert-OH is 1. The fourth-order valence-electron chi connectivity index (χ4n) is 1.52. The summed E-state index contributed by atoms with van der Waals surface area (Å²) in [7, 11) is 0. The Kier molecular flexibility index (Phi) is 3.86. The van der Waals surface area contributed by atoms with E-state index in [1.165, 1.54) is 4.90 Å². The highest BCUT2D eigenvalue weighted by Gasteiger charge is 2.33. The number of ether oxygens (including phenoxy) is 1. The zero-order valence-corrected chi connectivity index (χ0v) is 8.14. The molecule has 0 aromatic heterocycles. The first kappa shape index (κ1) is 11.0. The second-order valence-corrected chi connectivity index (χ2v) is 3.19. The van der Waals surface area contributed by atoms with Crippen molar-refractivity contribution in [1.29, 1.82) is 5.26 Å².